The average Bonchev–Trinajstić information content (AvgIpc) is 2.49. The minimum atomic E-state index is -1.14. The fourth-order valence-corrected chi connectivity index (χ4v) is 1.88. The molecule has 10 nitrogen and oxygen atoms in total. The molecule has 0 heterocycles. The first-order valence-electron chi connectivity index (χ1n) is 7.76. The van der Waals surface area contributed by atoms with Crippen LogP contribution in [0.2, 0.25) is 0 Å². The summed E-state index contributed by atoms with van der Waals surface area (Å²) in [5, 5.41) is 13.8. The van der Waals surface area contributed by atoms with Crippen LogP contribution in [0.1, 0.15) is 39.0 Å². The predicted octanol–water partition coefficient (Wildman–Crippen LogP) is -2.22. The number of carboxylic acid groups (broad SMARTS) is 1. The Morgan fingerprint density at radius 2 is 1.67 bits per heavy atom. The van der Waals surface area contributed by atoms with Gasteiger partial charge in [-0.05, 0) is 39.2 Å². The summed E-state index contributed by atoms with van der Waals surface area (Å²) < 4.78 is 0. The molecule has 9 N–H and O–H groups in total. The number of carbonyl (C=O) groups is 4. The van der Waals surface area contributed by atoms with Gasteiger partial charge in [-0.3, -0.25) is 14.4 Å². The fourth-order valence-electron chi connectivity index (χ4n) is 1.88. The maximum absolute atomic E-state index is 11.8. The van der Waals surface area contributed by atoms with Crippen LogP contribution in [0.5, 0.6) is 0 Å². The molecule has 0 unspecified atom stereocenters. The molecule has 0 aliphatic carbocycles. The topological polar surface area (TPSA) is 191 Å². The third kappa shape index (κ3) is 9.06. The number of primary amides is 1. The van der Waals surface area contributed by atoms with Crippen molar-refractivity contribution in [2.24, 2.45) is 17.2 Å². The molecule has 0 aliphatic rings. The van der Waals surface area contributed by atoms with E-state index in [9.17, 15) is 19.2 Å². The van der Waals surface area contributed by atoms with Crippen LogP contribution < -0.4 is 27.8 Å². The summed E-state index contributed by atoms with van der Waals surface area (Å²) >= 11 is 0. The zero-order valence-electron chi connectivity index (χ0n) is 13.8. The predicted molar refractivity (Wildman–Crippen MR) is 86.5 cm³/mol. The lowest BCUT2D eigenvalue weighted by molar-refractivity contribution is -0.142. The Labute approximate surface area is 140 Å². The fraction of sp³-hybridized carbons (Fsp3) is 0.714. The second-order valence-corrected chi connectivity index (χ2v) is 5.53. The van der Waals surface area contributed by atoms with Gasteiger partial charge >= 0.3 is 5.97 Å². The van der Waals surface area contributed by atoms with E-state index in [1.54, 1.807) is 0 Å². The molecule has 3 amide bonds. The summed E-state index contributed by atoms with van der Waals surface area (Å²) in [7, 11) is 0. The van der Waals surface area contributed by atoms with E-state index in [-0.39, 0.29) is 19.3 Å². The molecule has 24 heavy (non-hydrogen) atoms. The van der Waals surface area contributed by atoms with Crippen LogP contribution in [0.3, 0.4) is 0 Å². The van der Waals surface area contributed by atoms with Gasteiger partial charge in [0.1, 0.15) is 12.1 Å². The normalized spacial score (nSPS) is 14.3. The molecule has 0 radical (unpaired) electrons. The van der Waals surface area contributed by atoms with Gasteiger partial charge in [-0.15, -0.1) is 0 Å². The second-order valence-electron chi connectivity index (χ2n) is 5.53. The van der Waals surface area contributed by atoms with E-state index in [4.69, 9.17) is 22.3 Å². The van der Waals surface area contributed by atoms with Crippen molar-refractivity contribution in [2.45, 2.75) is 57.2 Å². The highest BCUT2D eigenvalue weighted by molar-refractivity contribution is 5.89. The van der Waals surface area contributed by atoms with Crippen molar-refractivity contribution < 1.29 is 24.3 Å². The van der Waals surface area contributed by atoms with Crippen LogP contribution in [0, 0.1) is 0 Å². The van der Waals surface area contributed by atoms with Gasteiger partial charge in [0, 0.05) is 6.42 Å². The Bertz CT molecular complexity index is 455. The second kappa shape index (κ2) is 11.4. The SMILES string of the molecule is C[C@H](N)C(=O)N[C@H](CCC(=O)N[C@@H](CCCCN)C(=O)O)C(N)=O. The summed E-state index contributed by atoms with van der Waals surface area (Å²) in [5.74, 6) is -3.05. The molecular formula is C14H27N5O5. The number of hydrogen-bond donors (Lipinski definition) is 6. The highest BCUT2D eigenvalue weighted by Crippen LogP contribution is 2.03. The van der Waals surface area contributed by atoms with Crippen LogP contribution in [0.4, 0.5) is 0 Å². The molecule has 10 heteroatoms. The zero-order valence-corrected chi connectivity index (χ0v) is 13.8. The maximum Gasteiger partial charge on any atom is 0.326 e. The first-order valence-corrected chi connectivity index (χ1v) is 7.76. The molecular weight excluding hydrogens is 318 g/mol. The quantitative estimate of drug-likeness (QED) is 0.216. The zero-order chi connectivity index (χ0) is 18.7. The third-order valence-corrected chi connectivity index (χ3v) is 3.31. The maximum atomic E-state index is 11.8. The van der Waals surface area contributed by atoms with Gasteiger partial charge < -0.3 is 32.9 Å². The van der Waals surface area contributed by atoms with Gasteiger partial charge in [-0.2, -0.15) is 0 Å². The first-order chi connectivity index (χ1) is 11.2. The number of nitrogens with one attached hydrogen (secondary N) is 2. The van der Waals surface area contributed by atoms with Crippen molar-refractivity contribution in [1.29, 1.82) is 0 Å². The number of rotatable bonds is 12. The van der Waals surface area contributed by atoms with Crippen molar-refractivity contribution in [1.82, 2.24) is 10.6 Å². The first kappa shape index (κ1) is 21.8. The molecule has 3 atom stereocenters. The number of amides is 3. The lowest BCUT2D eigenvalue weighted by atomic mass is 10.1. The van der Waals surface area contributed by atoms with Crippen LogP contribution >= 0.6 is 0 Å². The van der Waals surface area contributed by atoms with Gasteiger partial charge in [-0.1, -0.05) is 0 Å². The number of carbonyl (C=O) groups excluding carboxylic acids is 3. The highest BCUT2D eigenvalue weighted by atomic mass is 16.4. The van der Waals surface area contributed by atoms with Crippen LogP contribution in [-0.2, 0) is 19.2 Å². The van der Waals surface area contributed by atoms with E-state index in [1.165, 1.54) is 6.92 Å². The Morgan fingerprint density at radius 1 is 1.04 bits per heavy atom. The summed E-state index contributed by atoms with van der Waals surface area (Å²) in [6.45, 7) is 1.89. The molecule has 0 aliphatic heterocycles. The minimum Gasteiger partial charge on any atom is -0.480 e. The van der Waals surface area contributed by atoms with E-state index < -0.39 is 41.8 Å². The molecule has 0 aromatic heterocycles. The van der Waals surface area contributed by atoms with Crippen molar-refractivity contribution in [3.8, 4) is 0 Å². The highest BCUT2D eigenvalue weighted by Gasteiger charge is 2.23. The van der Waals surface area contributed by atoms with Crippen molar-refractivity contribution in [3.63, 3.8) is 0 Å². The van der Waals surface area contributed by atoms with Crippen molar-refractivity contribution in [3.05, 3.63) is 0 Å². The van der Waals surface area contributed by atoms with Crippen LogP contribution in [0.15, 0.2) is 0 Å². The van der Waals surface area contributed by atoms with Crippen LogP contribution in [0.25, 0.3) is 0 Å². The Balaban J connectivity index is 4.47. The van der Waals surface area contributed by atoms with E-state index in [1.807, 2.05) is 0 Å². The third-order valence-electron chi connectivity index (χ3n) is 3.31. The Kier molecular flexibility index (Phi) is 10.3. The Hall–Kier alpha value is -2.20. The van der Waals surface area contributed by atoms with Gasteiger partial charge in [0.15, 0.2) is 0 Å². The van der Waals surface area contributed by atoms with Crippen molar-refractivity contribution >= 4 is 23.7 Å². The number of nitrogens with two attached hydrogens (primary N) is 3. The molecule has 0 aromatic carbocycles. The largest absolute Gasteiger partial charge is 0.480 e. The molecule has 0 saturated heterocycles. The standard InChI is InChI=1S/C14H27N5O5/c1-8(16)13(22)19-9(12(17)21)5-6-11(20)18-10(14(23)24)4-2-3-7-15/h8-10H,2-7,15-16H2,1H3,(H2,17,21)(H,18,20)(H,19,22)(H,23,24)/t8-,9+,10-/m0/s1. The number of aliphatic carboxylic acids is 1. The molecule has 138 valence electrons. The molecule has 0 aromatic rings. The van der Waals surface area contributed by atoms with E-state index in [2.05, 4.69) is 10.6 Å². The number of carboxylic acids is 1. The van der Waals surface area contributed by atoms with Gasteiger partial charge in [0.2, 0.25) is 17.7 Å². The van der Waals surface area contributed by atoms with E-state index in [0.717, 1.165) is 0 Å². The molecule has 0 spiro atoms. The lowest BCUT2D eigenvalue weighted by Gasteiger charge is -2.18. The summed E-state index contributed by atoms with van der Waals surface area (Å²) in [4.78, 5) is 45.7. The smallest absolute Gasteiger partial charge is 0.326 e. The summed E-state index contributed by atoms with van der Waals surface area (Å²) in [6.07, 6.45) is 1.29. The molecule has 0 fully saturated rings. The number of hydrogen-bond acceptors (Lipinski definition) is 6. The van der Waals surface area contributed by atoms with E-state index in [0.29, 0.717) is 19.4 Å². The van der Waals surface area contributed by atoms with E-state index >= 15 is 0 Å². The van der Waals surface area contributed by atoms with Crippen LogP contribution in [-0.4, -0.2) is 53.5 Å². The lowest BCUT2D eigenvalue weighted by Crippen LogP contribution is -2.50. The molecule has 0 rings (SSSR count). The number of unbranched alkanes of at least 4 members (excludes halogenated alkanes) is 1. The Morgan fingerprint density at radius 3 is 2.12 bits per heavy atom. The van der Waals surface area contributed by atoms with Gasteiger partial charge in [0.05, 0.1) is 6.04 Å². The van der Waals surface area contributed by atoms with Gasteiger partial charge in [-0.25, -0.2) is 4.79 Å². The van der Waals surface area contributed by atoms with Crippen molar-refractivity contribution in [2.75, 3.05) is 6.54 Å². The monoisotopic (exact) mass is 345 g/mol. The van der Waals surface area contributed by atoms with Gasteiger partial charge in [0.25, 0.3) is 0 Å². The summed E-state index contributed by atoms with van der Waals surface area (Å²) in [6, 6.07) is -2.89. The summed E-state index contributed by atoms with van der Waals surface area (Å²) in [5.41, 5.74) is 15.9. The minimum absolute atomic E-state index is 0.0469. The molecule has 0 saturated carbocycles. The average molecular weight is 345 g/mol. The molecule has 0 bridgehead atoms.